The zero-order valence-electron chi connectivity index (χ0n) is 18.8. The summed E-state index contributed by atoms with van der Waals surface area (Å²) >= 11 is 0. The first-order valence-corrected chi connectivity index (χ1v) is 11.2. The van der Waals surface area contributed by atoms with E-state index in [1.807, 2.05) is 18.2 Å². The maximum atomic E-state index is 12.5. The van der Waals surface area contributed by atoms with Crippen LogP contribution in [0.3, 0.4) is 0 Å². The van der Waals surface area contributed by atoms with Crippen molar-refractivity contribution >= 4 is 5.91 Å². The zero-order valence-corrected chi connectivity index (χ0v) is 18.8. The van der Waals surface area contributed by atoms with Crippen LogP contribution in [-0.4, -0.2) is 35.0 Å². The number of nitrogens with one attached hydrogen (secondary N) is 1. The Bertz CT molecular complexity index is 1030. The highest BCUT2D eigenvalue weighted by Crippen LogP contribution is 2.18. The first-order chi connectivity index (χ1) is 15.6. The maximum Gasteiger partial charge on any atom is 0.273 e. The molecule has 6 heteroatoms. The SMILES string of the molecule is Cc1ccc(C)c(CN(Cc2ccccc2)Cc2nc(C(=O)NC[C@H]3CCCO3)co2)c1. The average molecular weight is 434 g/mol. The minimum atomic E-state index is -0.223. The fourth-order valence-corrected chi connectivity index (χ4v) is 4.00. The summed E-state index contributed by atoms with van der Waals surface area (Å²) in [5.74, 6) is 0.313. The number of nitrogens with zero attached hydrogens (tertiary/aromatic N) is 2. The first-order valence-electron chi connectivity index (χ1n) is 11.2. The van der Waals surface area contributed by atoms with Crippen LogP contribution >= 0.6 is 0 Å². The Morgan fingerprint density at radius 3 is 2.75 bits per heavy atom. The number of hydrogen-bond acceptors (Lipinski definition) is 5. The number of oxazole rings is 1. The summed E-state index contributed by atoms with van der Waals surface area (Å²) in [5, 5.41) is 2.90. The van der Waals surface area contributed by atoms with Crippen molar-refractivity contribution in [3.8, 4) is 0 Å². The molecule has 0 bridgehead atoms. The van der Waals surface area contributed by atoms with Crippen LogP contribution in [0, 0.1) is 13.8 Å². The summed E-state index contributed by atoms with van der Waals surface area (Å²) < 4.78 is 11.2. The molecule has 1 fully saturated rings. The summed E-state index contributed by atoms with van der Waals surface area (Å²) in [6, 6.07) is 16.9. The molecule has 1 N–H and O–H groups in total. The highest BCUT2D eigenvalue weighted by Gasteiger charge is 2.19. The van der Waals surface area contributed by atoms with Gasteiger partial charge in [0.15, 0.2) is 5.69 Å². The predicted octanol–water partition coefficient (Wildman–Crippen LogP) is 4.40. The second kappa shape index (κ2) is 10.6. The number of amides is 1. The zero-order chi connectivity index (χ0) is 22.3. The molecule has 0 radical (unpaired) electrons. The lowest BCUT2D eigenvalue weighted by Crippen LogP contribution is -2.32. The first kappa shape index (κ1) is 22.2. The van der Waals surface area contributed by atoms with Crippen molar-refractivity contribution in [2.24, 2.45) is 0 Å². The number of aryl methyl sites for hydroxylation is 2. The third-order valence-corrected chi connectivity index (χ3v) is 5.81. The van der Waals surface area contributed by atoms with Crippen LogP contribution in [-0.2, 0) is 24.4 Å². The minimum Gasteiger partial charge on any atom is -0.447 e. The van der Waals surface area contributed by atoms with E-state index in [9.17, 15) is 4.79 Å². The molecule has 1 aromatic heterocycles. The van der Waals surface area contributed by atoms with Crippen molar-refractivity contribution in [1.29, 1.82) is 0 Å². The van der Waals surface area contributed by atoms with Gasteiger partial charge in [-0.3, -0.25) is 9.69 Å². The highest BCUT2D eigenvalue weighted by molar-refractivity contribution is 5.91. The van der Waals surface area contributed by atoms with E-state index in [2.05, 4.69) is 59.4 Å². The largest absolute Gasteiger partial charge is 0.447 e. The van der Waals surface area contributed by atoms with Gasteiger partial charge in [0.25, 0.3) is 5.91 Å². The normalized spacial score (nSPS) is 15.9. The molecule has 1 saturated heterocycles. The van der Waals surface area contributed by atoms with Crippen molar-refractivity contribution in [1.82, 2.24) is 15.2 Å². The van der Waals surface area contributed by atoms with E-state index in [-0.39, 0.29) is 12.0 Å². The monoisotopic (exact) mass is 433 g/mol. The molecule has 0 unspecified atom stereocenters. The fraction of sp³-hybridized carbons (Fsp3) is 0.385. The lowest BCUT2D eigenvalue weighted by Gasteiger charge is -2.22. The number of benzene rings is 2. The van der Waals surface area contributed by atoms with E-state index in [0.29, 0.717) is 24.7 Å². The summed E-state index contributed by atoms with van der Waals surface area (Å²) in [5.41, 5.74) is 5.31. The van der Waals surface area contributed by atoms with Crippen molar-refractivity contribution in [2.75, 3.05) is 13.2 Å². The van der Waals surface area contributed by atoms with Gasteiger partial charge < -0.3 is 14.5 Å². The van der Waals surface area contributed by atoms with Gasteiger partial charge in [-0.1, -0.05) is 54.1 Å². The molecule has 4 rings (SSSR count). The third kappa shape index (κ3) is 6.05. The molecular weight excluding hydrogens is 402 g/mol. The third-order valence-electron chi connectivity index (χ3n) is 5.81. The molecule has 1 amide bonds. The molecule has 2 heterocycles. The van der Waals surface area contributed by atoms with Crippen molar-refractivity contribution in [3.05, 3.63) is 88.6 Å². The van der Waals surface area contributed by atoms with Gasteiger partial charge in [0, 0.05) is 26.2 Å². The van der Waals surface area contributed by atoms with Crippen LogP contribution in [0.4, 0.5) is 0 Å². The second-order valence-electron chi connectivity index (χ2n) is 8.53. The minimum absolute atomic E-state index is 0.101. The Balaban J connectivity index is 1.44. The number of aromatic nitrogens is 1. The van der Waals surface area contributed by atoms with Crippen LogP contribution in [0.5, 0.6) is 0 Å². The molecule has 0 saturated carbocycles. The van der Waals surface area contributed by atoms with E-state index >= 15 is 0 Å². The molecule has 1 atom stereocenters. The van der Waals surface area contributed by atoms with Gasteiger partial charge >= 0.3 is 0 Å². The number of carbonyl (C=O) groups excluding carboxylic acids is 1. The summed E-state index contributed by atoms with van der Waals surface area (Å²) in [7, 11) is 0. The van der Waals surface area contributed by atoms with E-state index in [1.165, 1.54) is 28.5 Å². The van der Waals surface area contributed by atoms with E-state index in [1.54, 1.807) is 0 Å². The summed E-state index contributed by atoms with van der Waals surface area (Å²) in [4.78, 5) is 19.2. The number of carbonyl (C=O) groups is 1. The van der Waals surface area contributed by atoms with Crippen molar-refractivity contribution in [3.63, 3.8) is 0 Å². The topological polar surface area (TPSA) is 67.6 Å². The highest BCUT2D eigenvalue weighted by atomic mass is 16.5. The molecule has 1 aliphatic heterocycles. The Labute approximate surface area is 189 Å². The molecule has 1 aliphatic rings. The maximum absolute atomic E-state index is 12.5. The van der Waals surface area contributed by atoms with Crippen LogP contribution in [0.15, 0.2) is 59.2 Å². The van der Waals surface area contributed by atoms with Crippen molar-refractivity contribution < 1.29 is 13.9 Å². The number of ether oxygens (including phenoxy) is 1. The van der Waals surface area contributed by atoms with Crippen LogP contribution in [0.1, 0.15) is 51.5 Å². The standard InChI is InChI=1S/C26H31N3O3/c1-19-10-11-20(2)22(13-19)16-29(15-21-7-4-3-5-8-21)17-25-28-24(18-32-25)26(30)27-14-23-9-6-12-31-23/h3-5,7-8,10-11,13,18,23H,6,9,12,14-17H2,1-2H3,(H,27,30)/t23-/m1/s1. The molecule has 32 heavy (non-hydrogen) atoms. The Morgan fingerprint density at radius 2 is 1.97 bits per heavy atom. The Morgan fingerprint density at radius 1 is 1.12 bits per heavy atom. The summed E-state index contributed by atoms with van der Waals surface area (Å²) in [6.45, 7) is 7.57. The fourth-order valence-electron chi connectivity index (χ4n) is 4.00. The van der Waals surface area contributed by atoms with Crippen LogP contribution < -0.4 is 5.32 Å². The lowest BCUT2D eigenvalue weighted by molar-refractivity contribution is 0.0853. The molecule has 3 aromatic rings. The van der Waals surface area contributed by atoms with Gasteiger partial charge in [-0.15, -0.1) is 0 Å². The van der Waals surface area contributed by atoms with Gasteiger partial charge in [0.2, 0.25) is 5.89 Å². The van der Waals surface area contributed by atoms with E-state index in [4.69, 9.17) is 9.15 Å². The Kier molecular flexibility index (Phi) is 7.35. The molecule has 0 aliphatic carbocycles. The predicted molar refractivity (Wildman–Crippen MR) is 123 cm³/mol. The molecule has 168 valence electrons. The molecule has 0 spiro atoms. The molecule has 6 nitrogen and oxygen atoms in total. The molecular formula is C26H31N3O3. The van der Waals surface area contributed by atoms with Gasteiger partial charge in [0.1, 0.15) is 6.26 Å². The van der Waals surface area contributed by atoms with Gasteiger partial charge in [-0.25, -0.2) is 4.98 Å². The van der Waals surface area contributed by atoms with Gasteiger partial charge in [0.05, 0.1) is 12.6 Å². The van der Waals surface area contributed by atoms with Crippen LogP contribution in [0.25, 0.3) is 0 Å². The van der Waals surface area contributed by atoms with Crippen LogP contribution in [0.2, 0.25) is 0 Å². The van der Waals surface area contributed by atoms with E-state index in [0.717, 1.165) is 32.5 Å². The van der Waals surface area contributed by atoms with E-state index < -0.39 is 0 Å². The lowest BCUT2D eigenvalue weighted by atomic mass is 10.0. The number of rotatable bonds is 9. The van der Waals surface area contributed by atoms with Crippen molar-refractivity contribution in [2.45, 2.75) is 52.4 Å². The quantitative estimate of drug-likeness (QED) is 0.542. The summed E-state index contributed by atoms with van der Waals surface area (Å²) in [6.07, 6.45) is 3.58. The average Bonchev–Trinajstić information content (AvgIpc) is 3.48. The Hall–Kier alpha value is -2.96. The smallest absolute Gasteiger partial charge is 0.273 e. The van der Waals surface area contributed by atoms with Gasteiger partial charge in [-0.2, -0.15) is 0 Å². The number of hydrogen-bond donors (Lipinski definition) is 1. The second-order valence-corrected chi connectivity index (χ2v) is 8.53. The molecule has 2 aromatic carbocycles. The van der Waals surface area contributed by atoms with Gasteiger partial charge in [-0.05, 0) is 43.4 Å².